The van der Waals surface area contributed by atoms with Crippen molar-refractivity contribution < 1.29 is 22.3 Å². The average Bonchev–Trinajstić information content (AvgIpc) is 3.35. The Bertz CT molecular complexity index is 1580. The van der Waals surface area contributed by atoms with Gasteiger partial charge in [0.15, 0.2) is 29.0 Å². The summed E-state index contributed by atoms with van der Waals surface area (Å²) in [5.74, 6) is 0.491. The molecular weight excluding hydrogens is 535 g/mol. The number of aromatic nitrogens is 4. The summed E-state index contributed by atoms with van der Waals surface area (Å²) in [4.78, 5) is 15.9. The Labute approximate surface area is 224 Å². The highest BCUT2D eigenvalue weighted by molar-refractivity contribution is 7.89. The van der Waals surface area contributed by atoms with Gasteiger partial charge in [-0.15, -0.1) is 0 Å². The van der Waals surface area contributed by atoms with Gasteiger partial charge in [0.2, 0.25) is 10.0 Å². The summed E-state index contributed by atoms with van der Waals surface area (Å²) in [6.07, 6.45) is 5.80. The van der Waals surface area contributed by atoms with Gasteiger partial charge in [-0.2, -0.15) is 4.31 Å². The molecule has 5 rings (SSSR count). The second kappa shape index (κ2) is 10.7. The lowest BCUT2D eigenvalue weighted by Gasteiger charge is -2.32. The zero-order valence-corrected chi connectivity index (χ0v) is 22.3. The average molecular weight is 561 g/mol. The van der Waals surface area contributed by atoms with Gasteiger partial charge in [-0.25, -0.2) is 27.8 Å². The number of sulfonamides is 1. The first-order valence-electron chi connectivity index (χ1n) is 11.9. The van der Waals surface area contributed by atoms with Gasteiger partial charge in [-0.05, 0) is 37.0 Å². The van der Waals surface area contributed by atoms with Crippen LogP contribution in [0.25, 0.3) is 22.4 Å². The topological polar surface area (TPSA) is 122 Å². The first-order chi connectivity index (χ1) is 18.3. The van der Waals surface area contributed by atoms with E-state index in [-0.39, 0.29) is 23.2 Å². The molecule has 0 aliphatic carbocycles. The molecular formula is C25H26ClFN6O4S. The van der Waals surface area contributed by atoms with E-state index in [1.54, 1.807) is 18.3 Å². The summed E-state index contributed by atoms with van der Waals surface area (Å²) in [5, 5.41) is 4.24. The van der Waals surface area contributed by atoms with Gasteiger partial charge in [0, 0.05) is 49.0 Å². The van der Waals surface area contributed by atoms with E-state index in [1.165, 1.54) is 36.9 Å². The number of fused-ring (bicyclic) bond motifs is 1. The number of pyridine rings is 1. The number of aromatic amines is 1. The summed E-state index contributed by atoms with van der Waals surface area (Å²) >= 11 is 6.09. The fourth-order valence-electron chi connectivity index (χ4n) is 4.56. The van der Waals surface area contributed by atoms with Gasteiger partial charge < -0.3 is 19.8 Å². The van der Waals surface area contributed by atoms with Gasteiger partial charge in [0.1, 0.15) is 5.65 Å². The lowest BCUT2D eigenvalue weighted by molar-refractivity contribution is 0.275. The molecule has 1 aliphatic rings. The number of rotatable bonds is 8. The van der Waals surface area contributed by atoms with Crippen LogP contribution in [0, 0.1) is 11.7 Å². The van der Waals surface area contributed by atoms with Crippen molar-refractivity contribution in [2.75, 3.05) is 39.2 Å². The molecule has 1 aliphatic heterocycles. The molecule has 38 heavy (non-hydrogen) atoms. The minimum absolute atomic E-state index is 0.0409. The number of hydrogen-bond acceptors (Lipinski definition) is 8. The van der Waals surface area contributed by atoms with Crippen molar-refractivity contribution in [2.45, 2.75) is 17.7 Å². The van der Waals surface area contributed by atoms with Crippen LogP contribution in [-0.2, 0) is 10.0 Å². The summed E-state index contributed by atoms with van der Waals surface area (Å²) in [6.45, 7) is 1.03. The highest BCUT2D eigenvalue weighted by atomic mass is 35.5. The minimum atomic E-state index is -3.75. The third-order valence-electron chi connectivity index (χ3n) is 6.52. The number of nitrogens with zero attached hydrogens (tertiary/aromatic N) is 4. The number of nitrogens with one attached hydrogen (secondary N) is 2. The van der Waals surface area contributed by atoms with Crippen LogP contribution < -0.4 is 14.8 Å². The molecule has 3 aromatic heterocycles. The predicted molar refractivity (Wildman–Crippen MR) is 142 cm³/mol. The molecule has 0 spiro atoms. The number of hydrogen-bond donors (Lipinski definition) is 2. The fourth-order valence-corrected chi connectivity index (χ4v) is 6.29. The number of benzene rings is 1. The van der Waals surface area contributed by atoms with E-state index in [9.17, 15) is 12.8 Å². The Morgan fingerprint density at radius 1 is 1.18 bits per heavy atom. The largest absolute Gasteiger partial charge is 0.493 e. The van der Waals surface area contributed by atoms with E-state index in [1.807, 2.05) is 0 Å². The number of ether oxygens (including phenoxy) is 2. The molecule has 1 atom stereocenters. The van der Waals surface area contributed by atoms with Crippen LogP contribution in [-0.4, -0.2) is 66.5 Å². The lowest BCUT2D eigenvalue weighted by Crippen LogP contribution is -2.41. The molecule has 0 bridgehead atoms. The molecule has 1 fully saturated rings. The van der Waals surface area contributed by atoms with E-state index in [0.717, 1.165) is 18.0 Å². The van der Waals surface area contributed by atoms with Crippen molar-refractivity contribution in [1.29, 1.82) is 0 Å². The number of methoxy groups -OCH3 is 2. The maximum Gasteiger partial charge on any atom is 0.243 e. The van der Waals surface area contributed by atoms with Crippen LogP contribution in [0.15, 0.2) is 47.8 Å². The molecule has 0 saturated carbocycles. The van der Waals surface area contributed by atoms with Gasteiger partial charge in [0.05, 0.1) is 30.3 Å². The van der Waals surface area contributed by atoms with Crippen LogP contribution in [0.1, 0.15) is 12.8 Å². The van der Waals surface area contributed by atoms with Crippen LogP contribution in [0.5, 0.6) is 11.5 Å². The Hall–Kier alpha value is -3.48. The first-order valence-corrected chi connectivity index (χ1v) is 13.7. The molecule has 1 unspecified atom stereocenters. The van der Waals surface area contributed by atoms with Gasteiger partial charge in [0.25, 0.3) is 0 Å². The van der Waals surface area contributed by atoms with Gasteiger partial charge >= 0.3 is 0 Å². The highest BCUT2D eigenvalue weighted by Gasteiger charge is 2.31. The second-order valence-electron chi connectivity index (χ2n) is 8.91. The zero-order chi connectivity index (χ0) is 26.9. The van der Waals surface area contributed by atoms with Gasteiger partial charge in [-0.1, -0.05) is 11.6 Å². The van der Waals surface area contributed by atoms with Crippen molar-refractivity contribution in [2.24, 2.45) is 5.92 Å². The molecule has 1 aromatic carbocycles. The first kappa shape index (κ1) is 26.1. The summed E-state index contributed by atoms with van der Waals surface area (Å²) in [7, 11) is -0.806. The lowest BCUT2D eigenvalue weighted by atomic mass is 10.00. The van der Waals surface area contributed by atoms with Crippen molar-refractivity contribution in [3.8, 4) is 22.9 Å². The normalized spacial score (nSPS) is 16.5. The molecule has 0 radical (unpaired) electrons. The Kier molecular flexibility index (Phi) is 7.37. The molecule has 1 saturated heterocycles. The standard InChI is InChI=1S/C25H26ClFN6O4S/c1-36-21-6-5-17(9-22(21)37-2)38(34,35)33-7-3-4-15(14-33)10-28-25-20(27)13-31-24(32-25)19-12-30-23-18(19)8-16(26)11-29-23/h5-6,8-9,11-13,15H,3-4,7,10,14H2,1-2H3,(H,29,30)(H,28,31,32). The monoisotopic (exact) mass is 560 g/mol. The predicted octanol–water partition coefficient (Wildman–Crippen LogP) is 4.34. The number of anilines is 1. The summed E-state index contributed by atoms with van der Waals surface area (Å²) in [6, 6.07) is 6.28. The zero-order valence-electron chi connectivity index (χ0n) is 20.7. The molecule has 2 N–H and O–H groups in total. The molecule has 4 aromatic rings. The molecule has 13 heteroatoms. The van der Waals surface area contributed by atoms with Crippen LogP contribution in [0.4, 0.5) is 10.2 Å². The summed E-state index contributed by atoms with van der Waals surface area (Å²) < 4.78 is 53.2. The molecule has 10 nitrogen and oxygen atoms in total. The van der Waals surface area contributed by atoms with Crippen molar-refractivity contribution >= 4 is 38.5 Å². The molecule has 200 valence electrons. The van der Waals surface area contributed by atoms with Crippen LogP contribution in [0.3, 0.4) is 0 Å². The van der Waals surface area contributed by atoms with E-state index >= 15 is 0 Å². The SMILES string of the molecule is COc1ccc(S(=O)(=O)N2CCCC(CNc3nc(-c4c[nH]c5ncc(Cl)cc45)ncc3F)C2)cc1OC. The Morgan fingerprint density at radius 3 is 2.79 bits per heavy atom. The maximum absolute atomic E-state index is 14.6. The minimum Gasteiger partial charge on any atom is -0.493 e. The molecule has 4 heterocycles. The van der Waals surface area contributed by atoms with E-state index in [0.29, 0.717) is 53.1 Å². The van der Waals surface area contributed by atoms with Crippen molar-refractivity contribution in [1.82, 2.24) is 24.2 Å². The third-order valence-corrected chi connectivity index (χ3v) is 8.58. The van der Waals surface area contributed by atoms with Crippen molar-refractivity contribution in [3.63, 3.8) is 0 Å². The smallest absolute Gasteiger partial charge is 0.243 e. The van der Waals surface area contributed by atoms with Crippen LogP contribution >= 0.6 is 11.6 Å². The van der Waals surface area contributed by atoms with Crippen molar-refractivity contribution in [3.05, 3.63) is 53.7 Å². The Balaban J connectivity index is 1.31. The maximum atomic E-state index is 14.6. The van der Waals surface area contributed by atoms with E-state index < -0.39 is 15.8 Å². The van der Waals surface area contributed by atoms with E-state index in [2.05, 4.69) is 25.3 Å². The Morgan fingerprint density at radius 2 is 2.00 bits per heavy atom. The third kappa shape index (κ3) is 5.11. The number of halogens is 2. The quantitative estimate of drug-likeness (QED) is 0.326. The molecule has 0 amide bonds. The van der Waals surface area contributed by atoms with E-state index in [4.69, 9.17) is 21.1 Å². The second-order valence-corrected chi connectivity index (χ2v) is 11.3. The summed E-state index contributed by atoms with van der Waals surface area (Å²) in [5.41, 5.74) is 1.26. The number of H-pyrrole nitrogens is 1. The van der Waals surface area contributed by atoms with Crippen LogP contribution in [0.2, 0.25) is 5.02 Å². The number of piperidine rings is 1. The van der Waals surface area contributed by atoms with Gasteiger partial charge in [-0.3, -0.25) is 0 Å². The highest BCUT2D eigenvalue weighted by Crippen LogP contribution is 2.32. The fraction of sp³-hybridized carbons (Fsp3) is 0.320.